The van der Waals surface area contributed by atoms with Gasteiger partial charge in [0.2, 0.25) is 0 Å². The second kappa shape index (κ2) is 9.34. The van der Waals surface area contributed by atoms with Crippen molar-refractivity contribution in [2.24, 2.45) is 5.92 Å². The topological polar surface area (TPSA) is 55.4 Å². The second-order valence-corrected chi connectivity index (χ2v) is 6.77. The molecule has 0 radical (unpaired) electrons. The third kappa shape index (κ3) is 5.85. The summed E-state index contributed by atoms with van der Waals surface area (Å²) in [5.41, 5.74) is 1.00. The maximum absolute atomic E-state index is 13.0. The lowest BCUT2D eigenvalue weighted by atomic mass is 9.97. The molecular formula is C20H21ClFNO3. The molecule has 1 amide bonds. The molecule has 2 aromatic rings. The molecule has 0 saturated heterocycles. The number of carbonyl (C=O) groups is 2. The quantitative estimate of drug-likeness (QED) is 0.721. The van der Waals surface area contributed by atoms with Crippen LogP contribution >= 0.6 is 11.6 Å². The summed E-state index contributed by atoms with van der Waals surface area (Å²) in [5, 5.41) is 2.83. The Morgan fingerprint density at radius 3 is 2.46 bits per heavy atom. The van der Waals surface area contributed by atoms with E-state index in [1.807, 2.05) is 30.3 Å². The molecule has 0 bridgehead atoms. The molecule has 0 aliphatic carbocycles. The molecule has 26 heavy (non-hydrogen) atoms. The summed E-state index contributed by atoms with van der Waals surface area (Å²) in [5.74, 6) is -1.36. The van der Waals surface area contributed by atoms with E-state index in [4.69, 9.17) is 16.3 Å². The van der Waals surface area contributed by atoms with E-state index < -0.39 is 24.3 Å². The van der Waals surface area contributed by atoms with Gasteiger partial charge in [-0.1, -0.05) is 55.8 Å². The number of ether oxygens (including phenoxy) is 1. The first kappa shape index (κ1) is 19.9. The number of halogens is 2. The highest BCUT2D eigenvalue weighted by molar-refractivity contribution is 6.33. The normalized spacial score (nSPS) is 11.9. The summed E-state index contributed by atoms with van der Waals surface area (Å²) in [4.78, 5) is 24.2. The first-order valence-corrected chi connectivity index (χ1v) is 8.71. The average Bonchev–Trinajstić information content (AvgIpc) is 2.59. The Balaban J connectivity index is 1.96. The Hall–Kier alpha value is -2.40. The minimum absolute atomic E-state index is 0.0163. The molecule has 1 atom stereocenters. The summed E-state index contributed by atoms with van der Waals surface area (Å²) < 4.78 is 18.0. The van der Waals surface area contributed by atoms with Gasteiger partial charge in [0, 0.05) is 0 Å². The standard InChI is InChI=1S/C20H21ClFNO3/c1-13(2)10-18(14-6-4-3-5-7-14)23-19(24)12-26-20(25)16-9-8-15(22)11-17(16)21/h3-9,11,13,18H,10,12H2,1-2H3,(H,23,24)/t18-/m0/s1. The Morgan fingerprint density at radius 1 is 1.15 bits per heavy atom. The van der Waals surface area contributed by atoms with E-state index in [-0.39, 0.29) is 16.6 Å². The molecule has 0 aliphatic rings. The predicted octanol–water partition coefficient (Wildman–Crippen LogP) is 4.54. The molecule has 0 aliphatic heterocycles. The highest BCUT2D eigenvalue weighted by atomic mass is 35.5. The van der Waals surface area contributed by atoms with Gasteiger partial charge in [-0.2, -0.15) is 0 Å². The number of rotatable bonds is 7. The van der Waals surface area contributed by atoms with Gasteiger partial charge in [0.15, 0.2) is 6.61 Å². The molecule has 1 N–H and O–H groups in total. The number of carbonyl (C=O) groups excluding carboxylic acids is 2. The van der Waals surface area contributed by atoms with E-state index >= 15 is 0 Å². The van der Waals surface area contributed by atoms with Crippen molar-refractivity contribution < 1.29 is 18.7 Å². The largest absolute Gasteiger partial charge is 0.452 e. The molecule has 6 heteroatoms. The number of hydrogen-bond donors (Lipinski definition) is 1. The van der Waals surface area contributed by atoms with Gasteiger partial charge in [0.05, 0.1) is 16.6 Å². The zero-order chi connectivity index (χ0) is 19.1. The number of nitrogens with one attached hydrogen (secondary N) is 1. The zero-order valence-electron chi connectivity index (χ0n) is 14.7. The van der Waals surface area contributed by atoms with Crippen molar-refractivity contribution in [2.75, 3.05) is 6.61 Å². The Labute approximate surface area is 157 Å². The van der Waals surface area contributed by atoms with Crippen LogP contribution in [0.25, 0.3) is 0 Å². The van der Waals surface area contributed by atoms with Crippen LogP contribution in [0.1, 0.15) is 42.2 Å². The summed E-state index contributed by atoms with van der Waals surface area (Å²) in [6, 6.07) is 12.8. The lowest BCUT2D eigenvalue weighted by Gasteiger charge is -2.21. The molecule has 0 fully saturated rings. The maximum atomic E-state index is 13.0. The van der Waals surface area contributed by atoms with Crippen LogP contribution in [0, 0.1) is 11.7 Å². The summed E-state index contributed by atoms with van der Waals surface area (Å²) >= 11 is 5.82. The molecule has 138 valence electrons. The van der Waals surface area contributed by atoms with Crippen molar-refractivity contribution >= 4 is 23.5 Å². The van der Waals surface area contributed by atoms with Gasteiger partial charge >= 0.3 is 5.97 Å². The van der Waals surface area contributed by atoms with Crippen LogP contribution in [0.4, 0.5) is 4.39 Å². The van der Waals surface area contributed by atoms with Crippen LogP contribution in [0.15, 0.2) is 48.5 Å². The third-order valence-electron chi connectivity index (χ3n) is 3.73. The fourth-order valence-electron chi connectivity index (χ4n) is 2.53. The molecular weight excluding hydrogens is 357 g/mol. The van der Waals surface area contributed by atoms with Gasteiger partial charge in [-0.3, -0.25) is 4.79 Å². The fraction of sp³-hybridized carbons (Fsp3) is 0.300. The van der Waals surface area contributed by atoms with Crippen molar-refractivity contribution in [3.05, 3.63) is 70.5 Å². The predicted molar refractivity (Wildman–Crippen MR) is 98.5 cm³/mol. The van der Waals surface area contributed by atoms with Crippen LogP contribution in [-0.2, 0) is 9.53 Å². The molecule has 0 unspecified atom stereocenters. The van der Waals surface area contributed by atoms with Crippen molar-refractivity contribution in [3.63, 3.8) is 0 Å². The fourth-order valence-corrected chi connectivity index (χ4v) is 2.78. The molecule has 0 spiro atoms. The van der Waals surface area contributed by atoms with E-state index in [1.165, 1.54) is 6.07 Å². The van der Waals surface area contributed by atoms with Gasteiger partial charge in [0.25, 0.3) is 5.91 Å². The number of amides is 1. The average molecular weight is 378 g/mol. The zero-order valence-corrected chi connectivity index (χ0v) is 15.4. The van der Waals surface area contributed by atoms with Crippen LogP contribution in [0.3, 0.4) is 0 Å². The Morgan fingerprint density at radius 2 is 1.85 bits per heavy atom. The van der Waals surface area contributed by atoms with Gasteiger partial charge in [0.1, 0.15) is 5.82 Å². The summed E-state index contributed by atoms with van der Waals surface area (Å²) in [6.07, 6.45) is 0.757. The lowest BCUT2D eigenvalue weighted by Crippen LogP contribution is -2.33. The molecule has 0 saturated carbocycles. The van der Waals surface area contributed by atoms with E-state index in [0.717, 1.165) is 24.1 Å². The van der Waals surface area contributed by atoms with E-state index in [2.05, 4.69) is 19.2 Å². The minimum atomic E-state index is -0.773. The van der Waals surface area contributed by atoms with Crippen LogP contribution in [0.2, 0.25) is 5.02 Å². The second-order valence-electron chi connectivity index (χ2n) is 6.36. The number of esters is 1. The van der Waals surface area contributed by atoms with Gasteiger partial charge in [-0.15, -0.1) is 0 Å². The van der Waals surface area contributed by atoms with E-state index in [1.54, 1.807) is 0 Å². The number of benzene rings is 2. The van der Waals surface area contributed by atoms with Crippen LogP contribution < -0.4 is 5.32 Å². The molecule has 0 heterocycles. The van der Waals surface area contributed by atoms with E-state index in [9.17, 15) is 14.0 Å². The molecule has 4 nitrogen and oxygen atoms in total. The first-order chi connectivity index (χ1) is 12.4. The molecule has 0 aromatic heterocycles. The van der Waals surface area contributed by atoms with Crippen molar-refractivity contribution in [3.8, 4) is 0 Å². The monoisotopic (exact) mass is 377 g/mol. The van der Waals surface area contributed by atoms with Crippen LogP contribution in [0.5, 0.6) is 0 Å². The Bertz CT molecular complexity index is 765. The number of hydrogen-bond acceptors (Lipinski definition) is 3. The smallest absolute Gasteiger partial charge is 0.340 e. The molecule has 2 rings (SSSR count). The van der Waals surface area contributed by atoms with Crippen molar-refractivity contribution in [1.82, 2.24) is 5.32 Å². The Kier molecular flexibility index (Phi) is 7.16. The van der Waals surface area contributed by atoms with Crippen molar-refractivity contribution in [1.29, 1.82) is 0 Å². The van der Waals surface area contributed by atoms with Crippen molar-refractivity contribution in [2.45, 2.75) is 26.3 Å². The van der Waals surface area contributed by atoms with Crippen LogP contribution in [-0.4, -0.2) is 18.5 Å². The van der Waals surface area contributed by atoms with Gasteiger partial charge in [-0.25, -0.2) is 9.18 Å². The van der Waals surface area contributed by atoms with E-state index in [0.29, 0.717) is 5.92 Å². The lowest BCUT2D eigenvalue weighted by molar-refractivity contribution is -0.125. The van der Waals surface area contributed by atoms with Gasteiger partial charge < -0.3 is 10.1 Å². The molecule has 2 aromatic carbocycles. The maximum Gasteiger partial charge on any atom is 0.340 e. The minimum Gasteiger partial charge on any atom is -0.452 e. The van der Waals surface area contributed by atoms with Gasteiger partial charge in [-0.05, 0) is 36.1 Å². The highest BCUT2D eigenvalue weighted by Crippen LogP contribution is 2.21. The highest BCUT2D eigenvalue weighted by Gasteiger charge is 2.18. The summed E-state index contributed by atoms with van der Waals surface area (Å²) in [6.45, 7) is 3.70. The summed E-state index contributed by atoms with van der Waals surface area (Å²) in [7, 11) is 0. The first-order valence-electron chi connectivity index (χ1n) is 8.33. The third-order valence-corrected chi connectivity index (χ3v) is 4.04. The SMILES string of the molecule is CC(C)C[C@H](NC(=O)COC(=O)c1ccc(F)cc1Cl)c1ccccc1.